The number of carbonyl (C=O) groups excluding carboxylic acids is 8. The van der Waals surface area contributed by atoms with E-state index >= 15 is 0 Å². The van der Waals surface area contributed by atoms with Gasteiger partial charge in [-0.2, -0.15) is 11.8 Å². The summed E-state index contributed by atoms with van der Waals surface area (Å²) < 4.78 is 10.5. The molecule has 29 nitrogen and oxygen atoms in total. The molecule has 13 N–H and O–H groups in total. The number of amides is 8. The fraction of sp³-hybridized carbons (Fsp3) is 0.455. The summed E-state index contributed by atoms with van der Waals surface area (Å²) in [7, 11) is 1.41. The van der Waals surface area contributed by atoms with Gasteiger partial charge in [0.15, 0.2) is 5.96 Å². The Morgan fingerprint density at radius 3 is 2.20 bits per heavy atom. The van der Waals surface area contributed by atoms with Gasteiger partial charge in [-0.15, -0.1) is 0 Å². The number of nitro groups is 2. The third-order valence-electron chi connectivity index (χ3n) is 13.2. The zero-order valence-electron chi connectivity index (χ0n) is 47.4. The van der Waals surface area contributed by atoms with Crippen molar-refractivity contribution < 1.29 is 57.4 Å². The van der Waals surface area contributed by atoms with Gasteiger partial charge in [0.25, 0.3) is 11.4 Å². The van der Waals surface area contributed by atoms with Crippen LogP contribution in [0.3, 0.4) is 0 Å². The van der Waals surface area contributed by atoms with Crippen molar-refractivity contribution in [3.05, 3.63) is 115 Å². The first-order valence-corrected chi connectivity index (χ1v) is 28.5. The van der Waals surface area contributed by atoms with Gasteiger partial charge in [0, 0.05) is 42.4 Å². The number of nitrogens with zero attached hydrogens (tertiary/aromatic N) is 3. The fourth-order valence-electron chi connectivity index (χ4n) is 8.83. The van der Waals surface area contributed by atoms with Crippen LogP contribution in [-0.2, 0) is 51.2 Å². The second kappa shape index (κ2) is 33.2. The molecule has 0 saturated carbocycles. The van der Waals surface area contributed by atoms with Crippen molar-refractivity contribution in [1.82, 2.24) is 42.5 Å². The van der Waals surface area contributed by atoms with Crippen LogP contribution in [-0.4, -0.2) is 144 Å². The summed E-state index contributed by atoms with van der Waals surface area (Å²) in [4.78, 5) is 148. The van der Waals surface area contributed by atoms with Crippen LogP contribution in [0.15, 0.2) is 87.0 Å². The average molecular weight is 1200 g/mol. The molecule has 0 radical (unpaired) electrons. The smallest absolute Gasteiger partial charge is 0.336 e. The number of nitrogens with one attached hydrogen (secondary N) is 9. The number of anilines is 1. The molecule has 1 saturated heterocycles. The first-order valence-electron chi connectivity index (χ1n) is 27.3. The van der Waals surface area contributed by atoms with E-state index in [1.807, 2.05) is 44.2 Å². The number of benzene rings is 3. The lowest BCUT2D eigenvalue weighted by Gasteiger charge is -2.26. The second-order valence-electron chi connectivity index (χ2n) is 20.3. The Balaban J connectivity index is 1.36. The van der Waals surface area contributed by atoms with E-state index in [4.69, 9.17) is 20.6 Å². The van der Waals surface area contributed by atoms with Gasteiger partial charge < -0.3 is 63.2 Å². The summed E-state index contributed by atoms with van der Waals surface area (Å²) >= 11 is 1.29. The van der Waals surface area contributed by atoms with Crippen LogP contribution in [0.1, 0.15) is 70.4 Å². The van der Waals surface area contributed by atoms with Crippen LogP contribution < -0.4 is 69.7 Å². The maximum absolute atomic E-state index is 14.4. The summed E-state index contributed by atoms with van der Waals surface area (Å²) in [6, 6.07) is 10.4. The molecule has 3 aromatic carbocycles. The van der Waals surface area contributed by atoms with E-state index in [1.165, 1.54) is 31.9 Å². The first-order chi connectivity index (χ1) is 40.5. The molecular weight excluding hydrogens is 1130 g/mol. The Hall–Kier alpha value is -9.19. The van der Waals surface area contributed by atoms with Gasteiger partial charge in [-0.3, -0.25) is 68.9 Å². The highest BCUT2D eigenvalue weighted by molar-refractivity contribution is 7.99. The van der Waals surface area contributed by atoms with Crippen molar-refractivity contribution in [1.29, 1.82) is 0 Å². The molecule has 6 atom stereocenters. The average Bonchev–Trinajstić information content (AvgIpc) is 3.39. The molecule has 4 aromatic rings. The molecule has 1 fully saturated rings. The normalized spacial score (nSPS) is 14.5. The minimum Gasteiger partial charge on any atom is -0.497 e. The summed E-state index contributed by atoms with van der Waals surface area (Å²) in [5, 5.41) is 47.4. The number of hydrogen-bond acceptors (Lipinski definition) is 19. The quantitative estimate of drug-likeness (QED) is 0.00781. The summed E-state index contributed by atoms with van der Waals surface area (Å²) in [6.45, 7) is 4.31. The standard InChI is InChI=1S/C55H72N14O15S/c1-31(2)23-41(65-51(75)39-14-8-20-58-39)50(74)61-29-47(71)63-43(30-85-22-10-13-33-11-6-5-7-12-33)54(78)66-42(28-60-38-19-16-35(68(79)80)26-44(38)69(81)82)53(77)62-32(3)49(73)64-40(15-9-21-59-55(56)57)52(76)67-46(70)24-34-25-48(72)84-45-27-36(83-4)17-18-37(34)45/h5-7,11-12,16-19,25-27,31-32,39-43,58,60H,8-10,13-15,20-24,28-30H2,1-4H3,(H,61,74)(H,62,77)(H,63,71)(H,64,73)(H,65,75)(H,66,78)(H4,56,57,59)(H,67,70,76)/t32-,39-,40-,41-,42-,43-/m0/s1. The van der Waals surface area contributed by atoms with Gasteiger partial charge in [-0.1, -0.05) is 44.2 Å². The highest BCUT2D eigenvalue weighted by Gasteiger charge is 2.33. The van der Waals surface area contributed by atoms with Gasteiger partial charge in [0.05, 0.1) is 42.0 Å². The van der Waals surface area contributed by atoms with Crippen LogP contribution in [0.2, 0.25) is 0 Å². The molecule has 1 aliphatic heterocycles. The van der Waals surface area contributed by atoms with Crippen LogP contribution >= 0.6 is 11.8 Å². The molecular formula is C55H72N14O15S. The Morgan fingerprint density at radius 1 is 0.800 bits per heavy atom. The topological polar surface area (TPSA) is 435 Å². The Kier molecular flexibility index (Phi) is 26.0. The summed E-state index contributed by atoms with van der Waals surface area (Å²) in [5.74, 6) is -6.16. The number of aliphatic imine (C=N–C) groups is 1. The van der Waals surface area contributed by atoms with Crippen molar-refractivity contribution in [3.8, 4) is 5.75 Å². The number of non-ortho nitro benzene ring substituents is 1. The van der Waals surface area contributed by atoms with Crippen molar-refractivity contribution in [3.63, 3.8) is 0 Å². The molecule has 0 aliphatic carbocycles. The molecule has 0 bridgehead atoms. The van der Waals surface area contributed by atoms with Gasteiger partial charge in [0.1, 0.15) is 47.2 Å². The molecule has 8 amide bonds. The van der Waals surface area contributed by atoms with Gasteiger partial charge >= 0.3 is 5.63 Å². The minimum atomic E-state index is -1.73. The number of rotatable bonds is 33. The van der Waals surface area contributed by atoms with E-state index in [-0.39, 0.29) is 66.2 Å². The lowest BCUT2D eigenvalue weighted by molar-refractivity contribution is -0.393. The molecule has 2 heterocycles. The lowest BCUT2D eigenvalue weighted by Crippen LogP contribution is -2.60. The van der Waals surface area contributed by atoms with E-state index in [9.17, 15) is 63.4 Å². The van der Waals surface area contributed by atoms with Crippen molar-refractivity contribution in [2.75, 3.05) is 50.1 Å². The zero-order chi connectivity index (χ0) is 62.2. The number of nitro benzene ring substituents is 2. The number of fused-ring (bicyclic) bond motifs is 1. The number of thioether (sulfide) groups is 1. The number of guanidine groups is 1. The van der Waals surface area contributed by atoms with Crippen molar-refractivity contribution in [2.24, 2.45) is 22.4 Å². The predicted octanol–water partition coefficient (Wildman–Crippen LogP) is 0.693. The van der Waals surface area contributed by atoms with Crippen LogP contribution in [0.25, 0.3) is 11.0 Å². The maximum atomic E-state index is 14.4. The van der Waals surface area contributed by atoms with Crippen LogP contribution in [0.5, 0.6) is 5.75 Å². The highest BCUT2D eigenvalue weighted by atomic mass is 32.2. The number of imide groups is 1. The van der Waals surface area contributed by atoms with Gasteiger partial charge in [-0.25, -0.2) is 4.79 Å². The summed E-state index contributed by atoms with van der Waals surface area (Å²) in [6.07, 6.45) is 2.45. The SMILES string of the molecule is COc1ccc2c(CC(=O)NC(=O)[C@H](CCCN=C(N)N)NC(=O)[C@H](C)NC(=O)[C@H](CNc3ccc([N+](=O)[O-])cc3[N+](=O)[O-])NC(=O)[C@H](CSCCCc3ccccc3)NC(=O)CNC(=O)[C@H](CC(C)C)NC(=O)[C@@H]3CCCN3)cc(=O)oc2c1. The Morgan fingerprint density at radius 2 is 1.53 bits per heavy atom. The molecule has 0 spiro atoms. The monoisotopic (exact) mass is 1200 g/mol. The van der Waals surface area contributed by atoms with E-state index in [1.54, 1.807) is 12.1 Å². The molecule has 458 valence electrons. The molecule has 85 heavy (non-hydrogen) atoms. The van der Waals surface area contributed by atoms with Gasteiger partial charge in [-0.05, 0) is 99.4 Å². The van der Waals surface area contributed by atoms with Crippen molar-refractivity contribution >= 4 is 93.0 Å². The van der Waals surface area contributed by atoms with E-state index < -0.39 is 124 Å². The predicted molar refractivity (Wildman–Crippen MR) is 315 cm³/mol. The van der Waals surface area contributed by atoms with Gasteiger partial charge in [0.2, 0.25) is 47.3 Å². The summed E-state index contributed by atoms with van der Waals surface area (Å²) in [5.41, 5.74) is 9.88. The van der Waals surface area contributed by atoms with E-state index in [0.717, 1.165) is 30.2 Å². The molecule has 1 aromatic heterocycles. The largest absolute Gasteiger partial charge is 0.497 e. The molecule has 5 rings (SSSR count). The zero-order valence-corrected chi connectivity index (χ0v) is 48.2. The lowest BCUT2D eigenvalue weighted by atomic mass is 10.0. The number of aryl methyl sites for hydroxylation is 1. The van der Waals surface area contributed by atoms with Crippen LogP contribution in [0, 0.1) is 26.1 Å². The first kappa shape index (κ1) is 66.6. The third-order valence-corrected chi connectivity index (χ3v) is 14.3. The maximum Gasteiger partial charge on any atom is 0.336 e. The molecule has 30 heteroatoms. The van der Waals surface area contributed by atoms with Crippen LogP contribution in [0.4, 0.5) is 17.1 Å². The minimum absolute atomic E-state index is 0.00209. The van der Waals surface area contributed by atoms with E-state index in [0.29, 0.717) is 48.8 Å². The number of methoxy groups -OCH3 is 1. The highest BCUT2D eigenvalue weighted by Crippen LogP contribution is 2.29. The third kappa shape index (κ3) is 21.8. The Labute approximate surface area is 492 Å². The molecule has 0 unspecified atom stereocenters. The Bertz CT molecular complexity index is 3140. The van der Waals surface area contributed by atoms with Crippen molar-refractivity contribution in [2.45, 2.75) is 108 Å². The van der Waals surface area contributed by atoms with E-state index in [2.05, 4.69) is 52.8 Å². The second-order valence-corrected chi connectivity index (χ2v) is 21.4. The number of hydrogen-bond donors (Lipinski definition) is 11. The number of carbonyl (C=O) groups is 8. The fourth-order valence-corrected chi connectivity index (χ4v) is 9.81. The number of ether oxygens (including phenoxy) is 1. The molecule has 1 aliphatic rings. The number of nitrogens with two attached hydrogens (primary N) is 2.